The lowest BCUT2D eigenvalue weighted by molar-refractivity contribution is 0.268. The van der Waals surface area contributed by atoms with Crippen molar-refractivity contribution in [3.8, 4) is 5.75 Å². The highest BCUT2D eigenvalue weighted by Crippen LogP contribution is 2.49. The maximum atomic E-state index is 5.85. The van der Waals surface area contributed by atoms with Crippen molar-refractivity contribution in [2.75, 3.05) is 13.2 Å². The summed E-state index contributed by atoms with van der Waals surface area (Å²) < 4.78 is 5.85. The van der Waals surface area contributed by atoms with Crippen molar-refractivity contribution >= 4 is 0 Å². The summed E-state index contributed by atoms with van der Waals surface area (Å²) >= 11 is 0. The number of para-hydroxylation sites is 1. The SMILES string of the molecule is CC(C)COc1ccccc1[C@H]1C[C@H]1CN. The van der Waals surface area contributed by atoms with E-state index in [0.29, 0.717) is 17.8 Å². The highest BCUT2D eigenvalue weighted by atomic mass is 16.5. The zero-order valence-corrected chi connectivity index (χ0v) is 10.1. The zero-order chi connectivity index (χ0) is 11.5. The van der Waals surface area contributed by atoms with Gasteiger partial charge in [0, 0.05) is 0 Å². The Labute approximate surface area is 97.8 Å². The zero-order valence-electron chi connectivity index (χ0n) is 10.1. The minimum atomic E-state index is 0.567. The van der Waals surface area contributed by atoms with E-state index < -0.39 is 0 Å². The van der Waals surface area contributed by atoms with Crippen LogP contribution in [0.3, 0.4) is 0 Å². The quantitative estimate of drug-likeness (QED) is 0.826. The maximum absolute atomic E-state index is 5.85. The maximum Gasteiger partial charge on any atom is 0.122 e. The average molecular weight is 219 g/mol. The normalized spacial score (nSPS) is 23.5. The first-order valence-electron chi connectivity index (χ1n) is 6.14. The molecule has 1 saturated carbocycles. The Bertz CT molecular complexity index is 348. The van der Waals surface area contributed by atoms with Crippen LogP contribution in [0.5, 0.6) is 5.75 Å². The molecule has 88 valence electrons. The second-order valence-electron chi connectivity index (χ2n) is 5.08. The molecule has 0 aliphatic heterocycles. The molecule has 2 rings (SSSR count). The molecule has 0 spiro atoms. The Morgan fingerprint density at radius 2 is 2.12 bits per heavy atom. The van der Waals surface area contributed by atoms with Crippen molar-refractivity contribution in [1.82, 2.24) is 0 Å². The predicted octanol–water partition coefficient (Wildman–Crippen LogP) is 2.78. The highest BCUT2D eigenvalue weighted by Gasteiger charge is 2.38. The number of benzene rings is 1. The summed E-state index contributed by atoms with van der Waals surface area (Å²) in [4.78, 5) is 0. The molecule has 16 heavy (non-hydrogen) atoms. The van der Waals surface area contributed by atoms with Gasteiger partial charge in [-0.15, -0.1) is 0 Å². The molecule has 1 fully saturated rings. The summed E-state index contributed by atoms with van der Waals surface area (Å²) in [5.74, 6) is 2.92. The van der Waals surface area contributed by atoms with Crippen LogP contribution in [0.4, 0.5) is 0 Å². The summed E-state index contributed by atoms with van der Waals surface area (Å²) in [6, 6.07) is 8.38. The first-order chi connectivity index (χ1) is 7.72. The number of hydrogen-bond acceptors (Lipinski definition) is 2. The second kappa shape index (κ2) is 4.88. The summed E-state index contributed by atoms with van der Waals surface area (Å²) in [7, 11) is 0. The van der Waals surface area contributed by atoms with Crippen LogP contribution in [-0.2, 0) is 0 Å². The molecule has 1 aliphatic carbocycles. The predicted molar refractivity (Wildman–Crippen MR) is 66.7 cm³/mol. The van der Waals surface area contributed by atoms with Crippen LogP contribution >= 0.6 is 0 Å². The van der Waals surface area contributed by atoms with Gasteiger partial charge in [0.2, 0.25) is 0 Å². The summed E-state index contributed by atoms with van der Waals surface area (Å²) in [5, 5.41) is 0. The molecular formula is C14H21NO. The second-order valence-corrected chi connectivity index (χ2v) is 5.08. The van der Waals surface area contributed by atoms with Crippen LogP contribution in [0, 0.1) is 11.8 Å². The fraction of sp³-hybridized carbons (Fsp3) is 0.571. The molecule has 2 N–H and O–H groups in total. The molecular weight excluding hydrogens is 198 g/mol. The molecule has 0 radical (unpaired) electrons. The van der Waals surface area contributed by atoms with Crippen molar-refractivity contribution < 1.29 is 4.74 Å². The molecule has 1 aromatic carbocycles. The number of ether oxygens (including phenoxy) is 1. The van der Waals surface area contributed by atoms with E-state index in [4.69, 9.17) is 10.5 Å². The van der Waals surface area contributed by atoms with E-state index >= 15 is 0 Å². The van der Waals surface area contributed by atoms with Gasteiger partial charge in [0.25, 0.3) is 0 Å². The van der Waals surface area contributed by atoms with Gasteiger partial charge in [-0.3, -0.25) is 0 Å². The molecule has 2 heteroatoms. The fourth-order valence-corrected chi connectivity index (χ4v) is 2.06. The summed E-state index contributed by atoms with van der Waals surface area (Å²) in [6.45, 7) is 5.92. The lowest BCUT2D eigenvalue weighted by Crippen LogP contribution is -2.07. The first kappa shape index (κ1) is 11.5. The smallest absolute Gasteiger partial charge is 0.122 e. The third-order valence-corrected chi connectivity index (χ3v) is 3.12. The lowest BCUT2D eigenvalue weighted by atomic mass is 10.1. The average Bonchev–Trinajstić information content (AvgIpc) is 3.06. The Kier molecular flexibility index (Phi) is 3.49. The molecule has 0 aromatic heterocycles. The van der Waals surface area contributed by atoms with Crippen LogP contribution < -0.4 is 10.5 Å². The Hall–Kier alpha value is -1.02. The van der Waals surface area contributed by atoms with Gasteiger partial charge in [0.1, 0.15) is 5.75 Å². The third kappa shape index (κ3) is 2.56. The molecule has 1 aliphatic rings. The Morgan fingerprint density at radius 1 is 1.38 bits per heavy atom. The standard InChI is InChI=1S/C14H21NO/c1-10(2)9-16-14-6-4-3-5-12(14)13-7-11(13)8-15/h3-6,10-11,13H,7-9,15H2,1-2H3/t11-,13-/m0/s1. The molecule has 0 bridgehead atoms. The van der Waals surface area contributed by atoms with Crippen molar-refractivity contribution in [3.05, 3.63) is 29.8 Å². The third-order valence-electron chi connectivity index (χ3n) is 3.12. The van der Waals surface area contributed by atoms with E-state index in [1.165, 1.54) is 12.0 Å². The van der Waals surface area contributed by atoms with Crippen molar-refractivity contribution in [3.63, 3.8) is 0 Å². The van der Waals surface area contributed by atoms with Gasteiger partial charge >= 0.3 is 0 Å². The molecule has 2 atom stereocenters. The van der Waals surface area contributed by atoms with E-state index in [9.17, 15) is 0 Å². The van der Waals surface area contributed by atoms with Crippen LogP contribution in [0.15, 0.2) is 24.3 Å². The topological polar surface area (TPSA) is 35.2 Å². The van der Waals surface area contributed by atoms with E-state index in [1.807, 2.05) is 6.07 Å². The largest absolute Gasteiger partial charge is 0.493 e. The molecule has 1 aromatic rings. The van der Waals surface area contributed by atoms with Gasteiger partial charge in [0.05, 0.1) is 6.61 Å². The monoisotopic (exact) mass is 219 g/mol. The van der Waals surface area contributed by atoms with E-state index in [2.05, 4.69) is 32.0 Å². The number of nitrogens with two attached hydrogens (primary N) is 1. The van der Waals surface area contributed by atoms with E-state index in [0.717, 1.165) is 18.9 Å². The van der Waals surface area contributed by atoms with Crippen LogP contribution in [0.1, 0.15) is 31.7 Å². The van der Waals surface area contributed by atoms with Crippen molar-refractivity contribution in [1.29, 1.82) is 0 Å². The summed E-state index contributed by atoms with van der Waals surface area (Å²) in [5.41, 5.74) is 7.04. The summed E-state index contributed by atoms with van der Waals surface area (Å²) in [6.07, 6.45) is 1.22. The van der Waals surface area contributed by atoms with Crippen LogP contribution in [0.2, 0.25) is 0 Å². The minimum Gasteiger partial charge on any atom is -0.493 e. The Balaban J connectivity index is 2.06. The number of hydrogen-bond donors (Lipinski definition) is 1. The lowest BCUT2D eigenvalue weighted by Gasteiger charge is -2.12. The van der Waals surface area contributed by atoms with Gasteiger partial charge < -0.3 is 10.5 Å². The molecule has 2 nitrogen and oxygen atoms in total. The van der Waals surface area contributed by atoms with Gasteiger partial charge in [-0.1, -0.05) is 32.0 Å². The van der Waals surface area contributed by atoms with E-state index in [-0.39, 0.29) is 0 Å². The molecule has 0 unspecified atom stereocenters. The molecule has 0 amide bonds. The van der Waals surface area contributed by atoms with Crippen molar-refractivity contribution in [2.24, 2.45) is 17.6 Å². The number of rotatable bonds is 5. The highest BCUT2D eigenvalue weighted by molar-refractivity contribution is 5.39. The molecule has 0 heterocycles. The Morgan fingerprint density at radius 3 is 2.75 bits per heavy atom. The van der Waals surface area contributed by atoms with Crippen LogP contribution in [0.25, 0.3) is 0 Å². The van der Waals surface area contributed by atoms with Crippen LogP contribution in [-0.4, -0.2) is 13.2 Å². The molecule has 0 saturated heterocycles. The van der Waals surface area contributed by atoms with Crippen molar-refractivity contribution in [2.45, 2.75) is 26.2 Å². The fourth-order valence-electron chi connectivity index (χ4n) is 2.06. The van der Waals surface area contributed by atoms with E-state index in [1.54, 1.807) is 0 Å². The van der Waals surface area contributed by atoms with Gasteiger partial charge in [-0.25, -0.2) is 0 Å². The first-order valence-corrected chi connectivity index (χ1v) is 6.14. The minimum absolute atomic E-state index is 0.567. The van der Waals surface area contributed by atoms with Gasteiger partial charge in [0.15, 0.2) is 0 Å². The van der Waals surface area contributed by atoms with Gasteiger partial charge in [-0.05, 0) is 42.3 Å². The van der Waals surface area contributed by atoms with Gasteiger partial charge in [-0.2, -0.15) is 0 Å².